The molecule has 8 nitrogen and oxygen atoms in total. The molecule has 0 atom stereocenters. The lowest BCUT2D eigenvalue weighted by atomic mass is 10.2. The van der Waals surface area contributed by atoms with Gasteiger partial charge in [-0.15, -0.1) is 11.3 Å². The summed E-state index contributed by atoms with van der Waals surface area (Å²) >= 11 is 7.55. The summed E-state index contributed by atoms with van der Waals surface area (Å²) in [7, 11) is 5.33. The van der Waals surface area contributed by atoms with Crippen molar-refractivity contribution >= 4 is 56.4 Å². The molecule has 0 aliphatic rings. The molecule has 0 unspecified atom stereocenters. The van der Waals surface area contributed by atoms with Crippen LogP contribution in [0.1, 0.15) is 26.5 Å². The fraction of sp³-hybridized carbons (Fsp3) is 0.227. The molecule has 0 aliphatic heterocycles. The number of carbonyl (C=O) groups excluding carboxylic acids is 3. The molecule has 0 saturated heterocycles. The van der Waals surface area contributed by atoms with Crippen LogP contribution in [0.25, 0.3) is 10.1 Å². The summed E-state index contributed by atoms with van der Waals surface area (Å²) in [4.78, 5) is 39.2. The van der Waals surface area contributed by atoms with E-state index >= 15 is 0 Å². The Labute approximate surface area is 194 Å². The van der Waals surface area contributed by atoms with Crippen LogP contribution in [0.2, 0.25) is 5.02 Å². The monoisotopic (exact) mass is 474 g/mol. The maximum Gasteiger partial charge on any atom is 0.281 e. The third kappa shape index (κ3) is 5.76. The van der Waals surface area contributed by atoms with E-state index in [-0.39, 0.29) is 16.3 Å². The van der Waals surface area contributed by atoms with Crippen LogP contribution in [0, 0.1) is 0 Å². The van der Waals surface area contributed by atoms with Crippen molar-refractivity contribution in [2.45, 2.75) is 6.42 Å². The first-order valence-electron chi connectivity index (χ1n) is 9.70. The Bertz CT molecular complexity index is 1160. The number of fused-ring (bicyclic) bond motifs is 1. The molecule has 2 aromatic carbocycles. The van der Waals surface area contributed by atoms with Crippen molar-refractivity contribution in [3.8, 4) is 5.75 Å². The summed E-state index contributed by atoms with van der Waals surface area (Å²) in [5, 5.41) is 3.79. The van der Waals surface area contributed by atoms with Gasteiger partial charge in [0.1, 0.15) is 10.6 Å². The predicted molar refractivity (Wildman–Crippen MR) is 127 cm³/mol. The summed E-state index contributed by atoms with van der Waals surface area (Å²) in [5.41, 5.74) is 5.54. The number of thiophene rings is 1. The predicted octanol–water partition coefficient (Wildman–Crippen LogP) is 3.53. The third-order valence-corrected chi connectivity index (χ3v) is 6.18. The molecule has 0 radical (unpaired) electrons. The van der Waals surface area contributed by atoms with Crippen LogP contribution in [-0.2, 0) is 4.79 Å². The van der Waals surface area contributed by atoms with Gasteiger partial charge in [-0.25, -0.2) is 0 Å². The summed E-state index contributed by atoms with van der Waals surface area (Å²) in [6.07, 6.45) is 0.335. The van der Waals surface area contributed by atoms with E-state index in [9.17, 15) is 14.4 Å². The average Bonchev–Trinajstić information content (AvgIpc) is 3.11. The minimum absolute atomic E-state index is 0.152. The standard InChI is InChI=1S/C22H23ClN4O4S/c1-27(2)10-9-18(28)24-14-6-4-5-13(11-14)21(29)25-26-22(30)20-19(23)16-8-7-15(31-3)12-17(16)32-20/h4-8,11-12H,9-10H2,1-3H3,(H,24,28)(H,25,29)(H,26,30). The van der Waals surface area contributed by atoms with E-state index in [1.54, 1.807) is 43.5 Å². The Morgan fingerprint density at radius 1 is 1.06 bits per heavy atom. The second-order valence-electron chi connectivity index (χ2n) is 7.20. The molecule has 32 heavy (non-hydrogen) atoms. The van der Waals surface area contributed by atoms with Crippen LogP contribution in [0.4, 0.5) is 5.69 Å². The van der Waals surface area contributed by atoms with Crippen LogP contribution >= 0.6 is 22.9 Å². The van der Waals surface area contributed by atoms with Gasteiger partial charge in [0.2, 0.25) is 5.91 Å². The molecule has 0 aliphatic carbocycles. The number of halogens is 1. The smallest absolute Gasteiger partial charge is 0.281 e. The Hall–Kier alpha value is -3.14. The lowest BCUT2D eigenvalue weighted by Crippen LogP contribution is -2.41. The van der Waals surface area contributed by atoms with E-state index in [1.165, 1.54) is 17.4 Å². The van der Waals surface area contributed by atoms with E-state index in [4.69, 9.17) is 16.3 Å². The van der Waals surface area contributed by atoms with Gasteiger partial charge in [0.15, 0.2) is 0 Å². The largest absolute Gasteiger partial charge is 0.497 e. The quantitative estimate of drug-likeness (QED) is 0.455. The third-order valence-electron chi connectivity index (χ3n) is 4.53. The zero-order valence-electron chi connectivity index (χ0n) is 17.8. The van der Waals surface area contributed by atoms with Gasteiger partial charge in [-0.2, -0.15) is 0 Å². The number of methoxy groups -OCH3 is 1. The summed E-state index contributed by atoms with van der Waals surface area (Å²) < 4.78 is 5.99. The maximum absolute atomic E-state index is 12.6. The highest BCUT2D eigenvalue weighted by Crippen LogP contribution is 2.37. The van der Waals surface area contributed by atoms with Crippen molar-refractivity contribution in [1.82, 2.24) is 15.8 Å². The van der Waals surface area contributed by atoms with E-state index in [2.05, 4.69) is 16.2 Å². The number of ether oxygens (including phenoxy) is 1. The van der Waals surface area contributed by atoms with Gasteiger partial charge >= 0.3 is 0 Å². The number of hydrogen-bond acceptors (Lipinski definition) is 6. The Balaban J connectivity index is 1.63. The molecule has 0 saturated carbocycles. The van der Waals surface area contributed by atoms with Crippen molar-refractivity contribution in [2.24, 2.45) is 0 Å². The number of carbonyl (C=O) groups is 3. The summed E-state index contributed by atoms with van der Waals surface area (Å²) in [5.74, 6) is -0.553. The number of nitrogens with zero attached hydrogens (tertiary/aromatic N) is 1. The van der Waals surface area contributed by atoms with E-state index < -0.39 is 11.8 Å². The van der Waals surface area contributed by atoms with Crippen LogP contribution in [-0.4, -0.2) is 50.4 Å². The number of rotatable bonds is 7. The fourth-order valence-electron chi connectivity index (χ4n) is 2.85. The lowest BCUT2D eigenvalue weighted by Gasteiger charge is -2.11. The molecular formula is C22H23ClN4O4S. The first-order chi connectivity index (χ1) is 15.3. The number of nitrogens with one attached hydrogen (secondary N) is 3. The summed E-state index contributed by atoms with van der Waals surface area (Å²) in [6.45, 7) is 0.616. The first-order valence-corrected chi connectivity index (χ1v) is 10.9. The van der Waals surface area contributed by atoms with Crippen molar-refractivity contribution < 1.29 is 19.1 Å². The molecule has 10 heteroatoms. The number of hydrazine groups is 1. The lowest BCUT2D eigenvalue weighted by molar-refractivity contribution is -0.116. The highest BCUT2D eigenvalue weighted by atomic mass is 35.5. The minimum Gasteiger partial charge on any atom is -0.497 e. The Morgan fingerprint density at radius 3 is 2.53 bits per heavy atom. The van der Waals surface area contributed by atoms with E-state index in [0.29, 0.717) is 29.4 Å². The van der Waals surface area contributed by atoms with E-state index in [1.807, 2.05) is 19.0 Å². The topological polar surface area (TPSA) is 99.8 Å². The number of amides is 3. The molecule has 1 heterocycles. The average molecular weight is 475 g/mol. The van der Waals surface area contributed by atoms with Gasteiger partial charge in [-0.3, -0.25) is 25.2 Å². The zero-order valence-corrected chi connectivity index (χ0v) is 19.4. The van der Waals surface area contributed by atoms with Crippen molar-refractivity contribution in [2.75, 3.05) is 33.1 Å². The molecule has 0 bridgehead atoms. The number of hydrogen-bond donors (Lipinski definition) is 3. The Morgan fingerprint density at radius 2 is 1.81 bits per heavy atom. The number of benzene rings is 2. The van der Waals surface area contributed by atoms with Crippen LogP contribution in [0.15, 0.2) is 42.5 Å². The van der Waals surface area contributed by atoms with E-state index in [0.717, 1.165) is 10.1 Å². The van der Waals surface area contributed by atoms with Gasteiger partial charge in [-0.1, -0.05) is 17.7 Å². The molecule has 168 valence electrons. The zero-order chi connectivity index (χ0) is 23.3. The molecule has 3 aromatic rings. The SMILES string of the molecule is COc1ccc2c(Cl)c(C(=O)NNC(=O)c3cccc(NC(=O)CCN(C)C)c3)sc2c1. The summed E-state index contributed by atoms with van der Waals surface area (Å²) in [6, 6.07) is 11.8. The van der Waals surface area contributed by atoms with Crippen molar-refractivity contribution in [3.05, 3.63) is 57.9 Å². The Kier molecular flexibility index (Phi) is 7.68. The molecule has 0 spiro atoms. The maximum atomic E-state index is 12.6. The number of anilines is 1. The van der Waals surface area contributed by atoms with Crippen LogP contribution in [0.3, 0.4) is 0 Å². The molecule has 3 amide bonds. The van der Waals surface area contributed by atoms with Gasteiger partial charge in [0, 0.05) is 34.3 Å². The fourth-order valence-corrected chi connectivity index (χ4v) is 4.29. The van der Waals surface area contributed by atoms with Gasteiger partial charge < -0.3 is 15.0 Å². The van der Waals surface area contributed by atoms with Crippen molar-refractivity contribution in [3.63, 3.8) is 0 Å². The molecule has 0 fully saturated rings. The molecular weight excluding hydrogens is 452 g/mol. The highest BCUT2D eigenvalue weighted by molar-refractivity contribution is 7.21. The minimum atomic E-state index is -0.531. The normalized spacial score (nSPS) is 10.8. The second-order valence-corrected chi connectivity index (χ2v) is 8.63. The van der Waals surface area contributed by atoms with Gasteiger partial charge in [-0.05, 0) is 50.5 Å². The van der Waals surface area contributed by atoms with Gasteiger partial charge in [0.25, 0.3) is 11.8 Å². The molecule has 3 rings (SSSR count). The first kappa shape index (κ1) is 23.5. The van der Waals surface area contributed by atoms with Crippen LogP contribution < -0.4 is 20.9 Å². The van der Waals surface area contributed by atoms with Crippen LogP contribution in [0.5, 0.6) is 5.75 Å². The molecule has 3 N–H and O–H groups in total. The van der Waals surface area contributed by atoms with Gasteiger partial charge in [0.05, 0.1) is 12.1 Å². The second kappa shape index (κ2) is 10.4. The highest BCUT2D eigenvalue weighted by Gasteiger charge is 2.18. The van der Waals surface area contributed by atoms with Crippen molar-refractivity contribution in [1.29, 1.82) is 0 Å². The molecule has 1 aromatic heterocycles.